The van der Waals surface area contributed by atoms with E-state index in [9.17, 15) is 18.0 Å². The molecule has 2 aromatic carbocycles. The van der Waals surface area contributed by atoms with Crippen LogP contribution >= 0.6 is 0 Å². The largest absolute Gasteiger partial charge is 0.494 e. The zero-order chi connectivity index (χ0) is 24.2. The fourth-order valence-corrected chi connectivity index (χ4v) is 6.45. The molecule has 0 spiro atoms. The quantitative estimate of drug-likeness (QED) is 0.332. The van der Waals surface area contributed by atoms with Crippen LogP contribution in [-0.4, -0.2) is 56.6 Å². The number of hydroxylamine groups is 1. The predicted octanol–water partition coefficient (Wildman–Crippen LogP) is 2.26. The van der Waals surface area contributed by atoms with E-state index in [-0.39, 0.29) is 36.9 Å². The lowest BCUT2D eigenvalue weighted by atomic mass is 9.98. The van der Waals surface area contributed by atoms with Crippen molar-refractivity contribution >= 4 is 27.3 Å². The Bertz CT molecular complexity index is 1140. The Balaban J connectivity index is 1.33. The molecule has 2 aliphatic rings. The maximum absolute atomic E-state index is 13.3. The van der Waals surface area contributed by atoms with E-state index in [1.54, 1.807) is 0 Å². The summed E-state index contributed by atoms with van der Waals surface area (Å²) in [7, 11) is -4.08. The first kappa shape index (κ1) is 24.2. The molecule has 182 valence electrons. The molecule has 0 aromatic heterocycles. The zero-order valence-electron chi connectivity index (χ0n) is 18.7. The number of sulfone groups is 1. The SMILES string of the molecule is O=C(CCCOc1ccc(S(=O)(=O)C2(C(=O)NO)CCOCC2)cc1)N1CCc2ccccc21. The summed E-state index contributed by atoms with van der Waals surface area (Å²) in [6.45, 7) is 1.21. The van der Waals surface area contributed by atoms with Crippen molar-refractivity contribution in [3.05, 3.63) is 54.1 Å². The highest BCUT2D eigenvalue weighted by Gasteiger charge is 2.52. The summed E-state index contributed by atoms with van der Waals surface area (Å²) < 4.78 is 35.6. The molecule has 0 atom stereocenters. The normalized spacial score (nSPS) is 17.1. The first-order valence-electron chi connectivity index (χ1n) is 11.3. The zero-order valence-corrected chi connectivity index (χ0v) is 19.6. The van der Waals surface area contributed by atoms with Crippen LogP contribution in [-0.2, 0) is 30.6 Å². The number of para-hydroxylation sites is 1. The maximum atomic E-state index is 13.3. The fourth-order valence-electron chi connectivity index (χ4n) is 4.51. The Morgan fingerprint density at radius 1 is 1.09 bits per heavy atom. The number of ether oxygens (including phenoxy) is 2. The molecule has 2 amide bonds. The van der Waals surface area contributed by atoms with E-state index in [2.05, 4.69) is 0 Å². The smallest absolute Gasteiger partial charge is 0.265 e. The van der Waals surface area contributed by atoms with E-state index < -0.39 is 20.5 Å². The van der Waals surface area contributed by atoms with E-state index in [0.29, 0.717) is 31.7 Å². The van der Waals surface area contributed by atoms with Gasteiger partial charge in [-0.3, -0.25) is 14.8 Å². The number of carbonyl (C=O) groups excluding carboxylic acids is 2. The number of fused-ring (bicyclic) bond motifs is 1. The average molecular weight is 489 g/mol. The second-order valence-electron chi connectivity index (χ2n) is 8.40. The Labute approximate surface area is 198 Å². The van der Waals surface area contributed by atoms with Crippen LogP contribution in [0.15, 0.2) is 53.4 Å². The van der Waals surface area contributed by atoms with E-state index >= 15 is 0 Å². The standard InChI is InChI=1S/C24H28N2O7S/c27-22(26-14-11-18-4-1-2-5-21(18)26)6-3-15-33-19-7-9-20(10-8-19)34(30,31)24(23(28)25-29)12-16-32-17-13-24/h1-2,4-5,7-10,29H,3,6,11-17H2,(H,25,28). The van der Waals surface area contributed by atoms with Crippen LogP contribution in [0.4, 0.5) is 5.69 Å². The van der Waals surface area contributed by atoms with Crippen LogP contribution in [0.3, 0.4) is 0 Å². The molecule has 2 aliphatic heterocycles. The second-order valence-corrected chi connectivity index (χ2v) is 10.7. The van der Waals surface area contributed by atoms with Crippen molar-refractivity contribution in [3.8, 4) is 5.75 Å². The number of hydrogen-bond acceptors (Lipinski definition) is 7. The van der Waals surface area contributed by atoms with Crippen LogP contribution in [0, 0.1) is 0 Å². The van der Waals surface area contributed by atoms with Gasteiger partial charge in [-0.05, 0) is 61.6 Å². The van der Waals surface area contributed by atoms with Gasteiger partial charge in [-0.25, -0.2) is 13.9 Å². The van der Waals surface area contributed by atoms with E-state index in [0.717, 1.165) is 12.1 Å². The van der Waals surface area contributed by atoms with Gasteiger partial charge in [0.05, 0.1) is 11.5 Å². The minimum absolute atomic E-state index is 0.0340. The molecule has 0 saturated carbocycles. The third-order valence-electron chi connectivity index (χ3n) is 6.46. The first-order valence-corrected chi connectivity index (χ1v) is 12.8. The Morgan fingerprint density at radius 2 is 1.79 bits per heavy atom. The van der Waals surface area contributed by atoms with Crippen LogP contribution in [0.5, 0.6) is 5.75 Å². The lowest BCUT2D eigenvalue weighted by Gasteiger charge is -2.34. The van der Waals surface area contributed by atoms with Crippen LogP contribution < -0.4 is 15.1 Å². The third-order valence-corrected chi connectivity index (χ3v) is 8.97. The van der Waals surface area contributed by atoms with Gasteiger partial charge in [-0.15, -0.1) is 0 Å². The molecule has 2 aromatic rings. The van der Waals surface area contributed by atoms with Crippen molar-refractivity contribution in [2.45, 2.75) is 41.7 Å². The van der Waals surface area contributed by atoms with Gasteiger partial charge in [0.25, 0.3) is 5.91 Å². The van der Waals surface area contributed by atoms with Gasteiger partial charge in [0.2, 0.25) is 5.91 Å². The first-order chi connectivity index (χ1) is 16.4. The van der Waals surface area contributed by atoms with Crippen molar-refractivity contribution in [2.75, 3.05) is 31.3 Å². The topological polar surface area (TPSA) is 122 Å². The van der Waals surface area contributed by atoms with Gasteiger partial charge in [-0.1, -0.05) is 18.2 Å². The molecule has 4 rings (SSSR count). The average Bonchev–Trinajstić information content (AvgIpc) is 3.31. The molecule has 34 heavy (non-hydrogen) atoms. The third kappa shape index (κ3) is 4.53. The molecule has 10 heteroatoms. The number of benzene rings is 2. The van der Waals surface area contributed by atoms with Gasteiger partial charge in [0, 0.05) is 31.9 Å². The van der Waals surface area contributed by atoms with Crippen molar-refractivity contribution in [3.63, 3.8) is 0 Å². The van der Waals surface area contributed by atoms with Crippen molar-refractivity contribution in [1.82, 2.24) is 5.48 Å². The molecule has 2 N–H and O–H groups in total. The van der Waals surface area contributed by atoms with Crippen LogP contribution in [0.2, 0.25) is 0 Å². The molecule has 0 unspecified atom stereocenters. The highest BCUT2D eigenvalue weighted by Crippen LogP contribution is 2.36. The number of hydrogen-bond donors (Lipinski definition) is 2. The monoisotopic (exact) mass is 488 g/mol. The van der Waals surface area contributed by atoms with Gasteiger partial charge >= 0.3 is 0 Å². The fraction of sp³-hybridized carbons (Fsp3) is 0.417. The summed E-state index contributed by atoms with van der Waals surface area (Å²) in [5.74, 6) is -0.439. The highest BCUT2D eigenvalue weighted by atomic mass is 32.2. The molecule has 0 radical (unpaired) electrons. The van der Waals surface area contributed by atoms with Crippen molar-refractivity contribution < 1.29 is 32.7 Å². The summed E-state index contributed by atoms with van der Waals surface area (Å²) in [5, 5.41) is 9.13. The molecule has 2 heterocycles. The van der Waals surface area contributed by atoms with Gasteiger partial charge in [-0.2, -0.15) is 0 Å². The van der Waals surface area contributed by atoms with Crippen LogP contribution in [0.1, 0.15) is 31.2 Å². The number of carbonyl (C=O) groups is 2. The number of amides is 2. The number of rotatable bonds is 8. The summed E-state index contributed by atoms with van der Waals surface area (Å²) in [6, 6.07) is 13.7. The Kier molecular flexibility index (Phi) is 7.20. The molecular weight excluding hydrogens is 460 g/mol. The lowest BCUT2D eigenvalue weighted by Crippen LogP contribution is -2.54. The minimum atomic E-state index is -4.08. The van der Waals surface area contributed by atoms with Gasteiger partial charge in [0.1, 0.15) is 5.75 Å². The van der Waals surface area contributed by atoms with E-state index in [1.807, 2.05) is 29.2 Å². The minimum Gasteiger partial charge on any atom is -0.494 e. The molecule has 0 aliphatic carbocycles. The van der Waals surface area contributed by atoms with Crippen molar-refractivity contribution in [2.24, 2.45) is 0 Å². The van der Waals surface area contributed by atoms with Gasteiger partial charge in [0.15, 0.2) is 14.6 Å². The predicted molar refractivity (Wildman–Crippen MR) is 124 cm³/mol. The Hall–Kier alpha value is -2.95. The van der Waals surface area contributed by atoms with Crippen molar-refractivity contribution in [1.29, 1.82) is 0 Å². The van der Waals surface area contributed by atoms with Gasteiger partial charge < -0.3 is 14.4 Å². The number of nitrogens with one attached hydrogen (secondary N) is 1. The number of anilines is 1. The highest BCUT2D eigenvalue weighted by molar-refractivity contribution is 7.93. The molecule has 0 bridgehead atoms. The summed E-state index contributed by atoms with van der Waals surface area (Å²) >= 11 is 0. The summed E-state index contributed by atoms with van der Waals surface area (Å²) in [5.41, 5.74) is 3.66. The molecule has 9 nitrogen and oxygen atoms in total. The lowest BCUT2D eigenvalue weighted by molar-refractivity contribution is -0.134. The molecular formula is C24H28N2O7S. The van der Waals surface area contributed by atoms with Crippen LogP contribution in [0.25, 0.3) is 0 Å². The van der Waals surface area contributed by atoms with E-state index in [4.69, 9.17) is 14.7 Å². The summed E-state index contributed by atoms with van der Waals surface area (Å²) in [4.78, 5) is 26.7. The van der Waals surface area contributed by atoms with E-state index in [1.165, 1.54) is 35.3 Å². The maximum Gasteiger partial charge on any atom is 0.265 e. The molecule has 1 saturated heterocycles. The number of nitrogens with zero attached hydrogens (tertiary/aromatic N) is 1. The summed E-state index contributed by atoms with van der Waals surface area (Å²) in [6.07, 6.45) is 1.64. The second kappa shape index (κ2) is 10.1. The molecule has 1 fully saturated rings. The Morgan fingerprint density at radius 3 is 2.50 bits per heavy atom.